The van der Waals surface area contributed by atoms with Crippen LogP contribution >= 0.6 is 27.3 Å². The van der Waals surface area contributed by atoms with E-state index in [0.717, 1.165) is 16.3 Å². The first-order valence-electron chi connectivity index (χ1n) is 4.49. The summed E-state index contributed by atoms with van der Waals surface area (Å²) in [6.07, 6.45) is 1.50. The van der Waals surface area contributed by atoms with E-state index in [4.69, 9.17) is 4.42 Å². The highest BCUT2D eigenvalue weighted by Crippen LogP contribution is 2.27. The molecular formula is C10H10BrNO2S. The van der Waals surface area contributed by atoms with Crippen molar-refractivity contribution < 1.29 is 9.52 Å². The molecule has 0 saturated carbocycles. The minimum absolute atomic E-state index is 0.516. The van der Waals surface area contributed by atoms with Gasteiger partial charge in [-0.25, -0.2) is 4.98 Å². The van der Waals surface area contributed by atoms with Crippen LogP contribution in [0.5, 0.6) is 0 Å². The van der Waals surface area contributed by atoms with Gasteiger partial charge in [-0.05, 0) is 28.9 Å². The van der Waals surface area contributed by atoms with Crippen molar-refractivity contribution in [2.75, 3.05) is 0 Å². The highest BCUT2D eigenvalue weighted by Gasteiger charge is 2.15. The van der Waals surface area contributed by atoms with Crippen molar-refractivity contribution in [1.29, 1.82) is 0 Å². The first-order valence-corrected chi connectivity index (χ1v) is 6.16. The Balaban J connectivity index is 2.10. The lowest BCUT2D eigenvalue weighted by atomic mass is 10.1. The lowest BCUT2D eigenvalue weighted by Crippen LogP contribution is -2.01. The molecule has 2 heterocycles. The normalized spacial score (nSPS) is 13.0. The predicted molar refractivity (Wildman–Crippen MR) is 61.9 cm³/mol. The van der Waals surface area contributed by atoms with Crippen molar-refractivity contribution in [1.82, 2.24) is 4.98 Å². The summed E-state index contributed by atoms with van der Waals surface area (Å²) in [6.45, 7) is 1.95. The molecule has 2 aromatic heterocycles. The van der Waals surface area contributed by atoms with Crippen molar-refractivity contribution >= 4 is 27.3 Å². The molecule has 5 heteroatoms. The number of aliphatic hydroxyl groups excluding tert-OH is 1. The van der Waals surface area contributed by atoms with Gasteiger partial charge in [0.1, 0.15) is 0 Å². The van der Waals surface area contributed by atoms with E-state index in [0.29, 0.717) is 11.1 Å². The monoisotopic (exact) mass is 287 g/mol. The number of furan rings is 1. The molecule has 3 nitrogen and oxygen atoms in total. The van der Waals surface area contributed by atoms with Gasteiger partial charge in [0.25, 0.3) is 0 Å². The van der Waals surface area contributed by atoms with Crippen LogP contribution in [-0.4, -0.2) is 10.1 Å². The molecule has 2 rings (SSSR count). The number of hydrogen-bond acceptors (Lipinski definition) is 4. The van der Waals surface area contributed by atoms with E-state index in [2.05, 4.69) is 20.9 Å². The van der Waals surface area contributed by atoms with Crippen LogP contribution in [0.25, 0.3) is 0 Å². The summed E-state index contributed by atoms with van der Waals surface area (Å²) in [7, 11) is 0. The average molecular weight is 288 g/mol. The minimum atomic E-state index is -0.570. The second-order valence-corrected chi connectivity index (χ2v) is 5.01. The molecule has 0 bridgehead atoms. The zero-order chi connectivity index (χ0) is 10.8. The summed E-state index contributed by atoms with van der Waals surface area (Å²) in [5.74, 6) is 0. The maximum Gasteiger partial charge on any atom is 0.174 e. The fourth-order valence-corrected chi connectivity index (χ4v) is 2.48. The Morgan fingerprint density at radius 2 is 2.47 bits per heavy atom. The van der Waals surface area contributed by atoms with Crippen LogP contribution in [-0.2, 0) is 6.42 Å². The topological polar surface area (TPSA) is 46.3 Å². The molecule has 0 aliphatic carbocycles. The quantitative estimate of drug-likeness (QED) is 0.944. The van der Waals surface area contributed by atoms with E-state index in [-0.39, 0.29) is 0 Å². The maximum atomic E-state index is 9.93. The van der Waals surface area contributed by atoms with Gasteiger partial charge in [0.15, 0.2) is 4.67 Å². The molecule has 0 aromatic carbocycles. The number of aromatic nitrogens is 1. The summed E-state index contributed by atoms with van der Waals surface area (Å²) >= 11 is 4.83. The number of hydrogen-bond donors (Lipinski definition) is 1. The van der Waals surface area contributed by atoms with Gasteiger partial charge in [-0.3, -0.25) is 0 Å². The average Bonchev–Trinajstić information content (AvgIpc) is 2.75. The van der Waals surface area contributed by atoms with Crippen LogP contribution in [0.15, 0.2) is 26.8 Å². The van der Waals surface area contributed by atoms with E-state index in [1.807, 2.05) is 12.3 Å². The minimum Gasteiger partial charge on any atom is -0.457 e. The van der Waals surface area contributed by atoms with Gasteiger partial charge in [-0.1, -0.05) is 0 Å². The van der Waals surface area contributed by atoms with Gasteiger partial charge in [-0.2, -0.15) is 0 Å². The van der Waals surface area contributed by atoms with Gasteiger partial charge in [0.05, 0.1) is 23.1 Å². The zero-order valence-corrected chi connectivity index (χ0v) is 10.5. The summed E-state index contributed by atoms with van der Waals surface area (Å²) in [5, 5.41) is 12.9. The zero-order valence-electron chi connectivity index (χ0n) is 8.11. The van der Waals surface area contributed by atoms with Crippen molar-refractivity contribution in [2.45, 2.75) is 19.4 Å². The van der Waals surface area contributed by atoms with Crippen LogP contribution < -0.4 is 0 Å². The summed E-state index contributed by atoms with van der Waals surface area (Å²) in [6, 6.07) is 1.76. The number of aliphatic hydroxyl groups is 1. The van der Waals surface area contributed by atoms with Crippen molar-refractivity contribution in [3.63, 3.8) is 0 Å². The highest BCUT2D eigenvalue weighted by atomic mass is 79.9. The molecular weight excluding hydrogens is 278 g/mol. The molecule has 0 saturated heterocycles. The Hall–Kier alpha value is -0.650. The Labute approximate surface area is 99.9 Å². The molecule has 0 amide bonds. The molecule has 0 spiro atoms. The van der Waals surface area contributed by atoms with Crippen LogP contribution in [0.4, 0.5) is 0 Å². The lowest BCUT2D eigenvalue weighted by molar-refractivity contribution is 0.175. The summed E-state index contributed by atoms with van der Waals surface area (Å²) in [5.41, 5.74) is 1.68. The molecule has 0 aliphatic heterocycles. The fourth-order valence-electron chi connectivity index (χ4n) is 1.35. The Morgan fingerprint density at radius 3 is 3.00 bits per heavy atom. The van der Waals surface area contributed by atoms with E-state index >= 15 is 0 Å². The first-order chi connectivity index (χ1) is 7.16. The molecule has 0 fully saturated rings. The first kappa shape index (κ1) is 10.9. The number of rotatable bonds is 3. The number of halogens is 1. The number of thiazole rings is 1. The third-order valence-corrected chi connectivity index (χ3v) is 3.54. The smallest absolute Gasteiger partial charge is 0.174 e. The van der Waals surface area contributed by atoms with Gasteiger partial charge in [0, 0.05) is 17.4 Å². The fraction of sp³-hybridized carbons (Fsp3) is 0.300. The second-order valence-electron chi connectivity index (χ2n) is 3.23. The van der Waals surface area contributed by atoms with Crippen LogP contribution in [0.2, 0.25) is 0 Å². The van der Waals surface area contributed by atoms with E-state index < -0.39 is 6.10 Å². The van der Waals surface area contributed by atoms with E-state index in [1.165, 1.54) is 0 Å². The van der Waals surface area contributed by atoms with Gasteiger partial charge in [0.2, 0.25) is 0 Å². The van der Waals surface area contributed by atoms with Crippen LogP contribution in [0.1, 0.15) is 22.4 Å². The number of nitrogens with zero attached hydrogens (tertiary/aromatic N) is 1. The van der Waals surface area contributed by atoms with Crippen LogP contribution in [0.3, 0.4) is 0 Å². The summed E-state index contributed by atoms with van der Waals surface area (Å²) in [4.78, 5) is 4.30. The molecule has 1 unspecified atom stereocenters. The molecule has 0 aliphatic rings. The van der Waals surface area contributed by atoms with E-state index in [9.17, 15) is 5.11 Å². The van der Waals surface area contributed by atoms with Crippen LogP contribution in [0, 0.1) is 6.92 Å². The number of aryl methyl sites for hydroxylation is 1. The maximum absolute atomic E-state index is 9.93. The predicted octanol–water partition coefficient (Wildman–Crippen LogP) is 3.08. The Morgan fingerprint density at radius 1 is 1.67 bits per heavy atom. The molecule has 1 N–H and O–H groups in total. The SMILES string of the molecule is Cc1nc(CC(O)c2ccoc2Br)cs1. The summed E-state index contributed by atoms with van der Waals surface area (Å²) < 4.78 is 5.65. The molecule has 0 radical (unpaired) electrons. The van der Waals surface area contributed by atoms with Crippen molar-refractivity contribution in [3.05, 3.63) is 38.6 Å². The standard InChI is InChI=1S/C10H10BrNO2S/c1-6-12-7(5-15-6)4-9(13)8-2-3-14-10(8)11/h2-3,5,9,13H,4H2,1H3. The van der Waals surface area contributed by atoms with Gasteiger partial charge < -0.3 is 9.52 Å². The Bertz CT molecular complexity index is 452. The Kier molecular flexibility index (Phi) is 3.23. The second kappa shape index (κ2) is 4.47. The molecule has 1 atom stereocenters. The van der Waals surface area contributed by atoms with E-state index in [1.54, 1.807) is 23.7 Å². The van der Waals surface area contributed by atoms with Gasteiger partial charge in [-0.15, -0.1) is 11.3 Å². The van der Waals surface area contributed by atoms with Gasteiger partial charge >= 0.3 is 0 Å². The third kappa shape index (κ3) is 2.48. The lowest BCUT2D eigenvalue weighted by Gasteiger charge is -2.06. The molecule has 2 aromatic rings. The molecule has 80 valence electrons. The van der Waals surface area contributed by atoms with Crippen molar-refractivity contribution in [2.24, 2.45) is 0 Å². The van der Waals surface area contributed by atoms with Crippen molar-refractivity contribution in [3.8, 4) is 0 Å². The molecule has 15 heavy (non-hydrogen) atoms. The highest BCUT2D eigenvalue weighted by molar-refractivity contribution is 9.10. The third-order valence-electron chi connectivity index (χ3n) is 2.07. The largest absolute Gasteiger partial charge is 0.457 e.